The summed E-state index contributed by atoms with van der Waals surface area (Å²) in [6, 6.07) is 0. The third-order valence-electron chi connectivity index (χ3n) is 3.33. The van der Waals surface area contributed by atoms with E-state index in [1.807, 2.05) is 0 Å². The van der Waals surface area contributed by atoms with E-state index in [2.05, 4.69) is 15.1 Å². The predicted octanol–water partition coefficient (Wildman–Crippen LogP) is -2.02. The zero-order valence-electron chi connectivity index (χ0n) is 7.88. The zero-order valence-corrected chi connectivity index (χ0v) is 7.88. The molecular weight excluding hydrogens is 202 g/mol. The fourth-order valence-corrected chi connectivity index (χ4v) is 2.53. The molecule has 3 rings (SSSR count). The molecule has 0 radical (unpaired) electrons. The highest BCUT2D eigenvalue weighted by Gasteiger charge is 2.56. The second-order valence-corrected chi connectivity index (χ2v) is 4.09. The number of β-amino-alcohol motifs (C(OH)–C–C–N with tert-alkyl or cyclic N) is 1. The molecule has 3 N–H and O–H groups in total. The molecule has 1 saturated heterocycles. The van der Waals surface area contributed by atoms with Crippen LogP contribution < -0.4 is 10.2 Å². The highest BCUT2D eigenvalue weighted by molar-refractivity contribution is 5.22. The van der Waals surface area contributed by atoms with Gasteiger partial charge in [0.05, 0.1) is 6.10 Å². The molecule has 7 heteroatoms. The van der Waals surface area contributed by atoms with Crippen LogP contribution in [-0.2, 0) is 12.1 Å². The minimum absolute atomic E-state index is 0.213. The molecule has 0 aromatic carbocycles. The van der Waals surface area contributed by atoms with Gasteiger partial charge in [-0.2, -0.15) is 0 Å². The van der Waals surface area contributed by atoms with E-state index in [-0.39, 0.29) is 11.6 Å². The van der Waals surface area contributed by atoms with Crippen molar-refractivity contribution in [3.05, 3.63) is 16.6 Å². The molecule has 82 valence electrons. The second kappa shape index (κ2) is 2.69. The van der Waals surface area contributed by atoms with Crippen molar-refractivity contribution < 1.29 is 19.7 Å². The summed E-state index contributed by atoms with van der Waals surface area (Å²) in [7, 11) is 0. The number of rotatable bonds is 0. The van der Waals surface area contributed by atoms with Crippen molar-refractivity contribution in [3.8, 4) is 0 Å². The minimum Gasteiger partial charge on any atom is -0.391 e. The second-order valence-electron chi connectivity index (χ2n) is 4.09. The van der Waals surface area contributed by atoms with Crippen molar-refractivity contribution in [2.75, 3.05) is 6.54 Å². The first-order chi connectivity index (χ1) is 7.13. The van der Waals surface area contributed by atoms with Gasteiger partial charge in [0.25, 0.3) is 5.69 Å². The first-order valence-electron chi connectivity index (χ1n) is 4.87. The molecule has 2 aliphatic rings. The molecule has 1 aliphatic carbocycles. The van der Waals surface area contributed by atoms with E-state index in [0.29, 0.717) is 30.0 Å². The van der Waals surface area contributed by atoms with Crippen LogP contribution in [0.25, 0.3) is 0 Å². The number of nitrogens with zero attached hydrogens (tertiary/aromatic N) is 2. The molecule has 0 amide bonds. The molecule has 7 nitrogen and oxygen atoms in total. The van der Waals surface area contributed by atoms with Gasteiger partial charge in [-0.15, -0.1) is 0 Å². The SMILES string of the molecule is [O-][n+]1onc2c1CCC1C(O)CNC21O. The molecule has 0 spiro atoms. The monoisotopic (exact) mass is 213 g/mol. The largest absolute Gasteiger partial charge is 0.391 e. The molecule has 2 heterocycles. The summed E-state index contributed by atoms with van der Waals surface area (Å²) < 4.78 is 4.46. The Kier molecular flexibility index (Phi) is 1.63. The summed E-state index contributed by atoms with van der Waals surface area (Å²) in [6.07, 6.45) is 0.398. The minimum atomic E-state index is -1.41. The van der Waals surface area contributed by atoms with Crippen molar-refractivity contribution in [3.63, 3.8) is 0 Å². The molecule has 1 fully saturated rings. The molecule has 0 bridgehead atoms. The predicted molar refractivity (Wildman–Crippen MR) is 45.2 cm³/mol. The van der Waals surface area contributed by atoms with Crippen LogP contribution in [0, 0.1) is 11.1 Å². The van der Waals surface area contributed by atoms with E-state index in [9.17, 15) is 15.4 Å². The standard InChI is InChI=1S/C8H11N3O4/c12-6-3-9-8(13)4(6)1-2-5-7(8)10-15-11(5)14/h4,6,9,12-13H,1-3H2. The molecule has 15 heavy (non-hydrogen) atoms. The lowest BCUT2D eigenvalue weighted by Gasteiger charge is -2.30. The Labute approximate surface area is 84.8 Å². The van der Waals surface area contributed by atoms with Crippen molar-refractivity contribution in [1.82, 2.24) is 10.5 Å². The lowest BCUT2D eigenvalue weighted by molar-refractivity contribution is -0.808. The van der Waals surface area contributed by atoms with Gasteiger partial charge in [0.15, 0.2) is 5.72 Å². The third-order valence-corrected chi connectivity index (χ3v) is 3.33. The topological polar surface area (TPSA) is 105 Å². The average molecular weight is 213 g/mol. The fraction of sp³-hybridized carbons (Fsp3) is 0.750. The maximum absolute atomic E-state index is 11.2. The van der Waals surface area contributed by atoms with Gasteiger partial charge in [-0.3, -0.25) is 9.95 Å². The lowest BCUT2D eigenvalue weighted by atomic mass is 9.81. The van der Waals surface area contributed by atoms with Gasteiger partial charge < -0.3 is 15.4 Å². The molecule has 1 aromatic rings. The zero-order chi connectivity index (χ0) is 10.6. The number of hydrogen-bond donors (Lipinski definition) is 3. The number of aliphatic hydroxyl groups is 2. The maximum atomic E-state index is 11.2. The van der Waals surface area contributed by atoms with E-state index < -0.39 is 11.8 Å². The highest BCUT2D eigenvalue weighted by Crippen LogP contribution is 2.40. The van der Waals surface area contributed by atoms with Crippen molar-refractivity contribution in [1.29, 1.82) is 0 Å². The Bertz CT molecular complexity index is 407. The van der Waals surface area contributed by atoms with Crippen LogP contribution in [-0.4, -0.2) is 28.0 Å². The first-order valence-corrected chi connectivity index (χ1v) is 4.87. The number of aromatic nitrogens is 2. The normalized spacial score (nSPS) is 38.8. The van der Waals surface area contributed by atoms with Gasteiger partial charge in [-0.25, -0.2) is 0 Å². The van der Waals surface area contributed by atoms with Gasteiger partial charge >= 0.3 is 0 Å². The molecule has 3 atom stereocenters. The summed E-state index contributed by atoms with van der Waals surface area (Å²) in [5.74, 6) is -0.324. The average Bonchev–Trinajstić information content (AvgIpc) is 2.71. The molecule has 3 unspecified atom stereocenters. The number of fused-ring (bicyclic) bond motifs is 3. The van der Waals surface area contributed by atoms with E-state index in [1.54, 1.807) is 0 Å². The van der Waals surface area contributed by atoms with Crippen LogP contribution in [0.3, 0.4) is 0 Å². The van der Waals surface area contributed by atoms with Crippen molar-refractivity contribution in [2.24, 2.45) is 5.92 Å². The van der Waals surface area contributed by atoms with Crippen molar-refractivity contribution in [2.45, 2.75) is 24.7 Å². The van der Waals surface area contributed by atoms with E-state index in [0.717, 1.165) is 0 Å². The molecule has 1 aromatic heterocycles. The van der Waals surface area contributed by atoms with E-state index >= 15 is 0 Å². The Hall–Kier alpha value is -1.18. The Morgan fingerprint density at radius 1 is 1.67 bits per heavy atom. The first kappa shape index (κ1) is 9.08. The summed E-state index contributed by atoms with van der Waals surface area (Å²) in [6.45, 7) is 0.298. The van der Waals surface area contributed by atoms with Crippen LogP contribution in [0.1, 0.15) is 17.8 Å². The smallest absolute Gasteiger partial charge is 0.267 e. The Morgan fingerprint density at radius 3 is 3.27 bits per heavy atom. The molecule has 1 aliphatic heterocycles. The van der Waals surface area contributed by atoms with Gasteiger partial charge in [0.1, 0.15) is 0 Å². The number of nitrogens with one attached hydrogen (secondary N) is 1. The van der Waals surface area contributed by atoms with Gasteiger partial charge in [0.2, 0.25) is 5.69 Å². The van der Waals surface area contributed by atoms with E-state index in [4.69, 9.17) is 0 Å². The van der Waals surface area contributed by atoms with E-state index in [1.165, 1.54) is 0 Å². The third kappa shape index (κ3) is 0.996. The highest BCUT2D eigenvalue weighted by atomic mass is 16.8. The van der Waals surface area contributed by atoms with Crippen LogP contribution in [0.2, 0.25) is 0 Å². The molecule has 0 saturated carbocycles. The van der Waals surface area contributed by atoms with Crippen LogP contribution in [0.4, 0.5) is 0 Å². The van der Waals surface area contributed by atoms with Gasteiger partial charge in [0, 0.05) is 24.0 Å². The Morgan fingerprint density at radius 2 is 2.47 bits per heavy atom. The summed E-state index contributed by atoms with van der Waals surface area (Å²) in [5, 5.41) is 37.5. The maximum Gasteiger partial charge on any atom is 0.267 e. The van der Waals surface area contributed by atoms with Crippen LogP contribution in [0.15, 0.2) is 4.63 Å². The van der Waals surface area contributed by atoms with Crippen LogP contribution in [0.5, 0.6) is 0 Å². The quantitative estimate of drug-likeness (QED) is 0.429. The number of hydrogen-bond acceptors (Lipinski definition) is 6. The lowest BCUT2D eigenvalue weighted by Crippen LogP contribution is -2.48. The summed E-state index contributed by atoms with van der Waals surface area (Å²) >= 11 is 0. The Balaban J connectivity index is 2.12. The summed E-state index contributed by atoms with van der Waals surface area (Å²) in [5.41, 5.74) is -0.854. The van der Waals surface area contributed by atoms with Crippen LogP contribution >= 0.6 is 0 Å². The fourth-order valence-electron chi connectivity index (χ4n) is 2.53. The van der Waals surface area contributed by atoms with Gasteiger partial charge in [-0.05, 0) is 11.3 Å². The summed E-state index contributed by atoms with van der Waals surface area (Å²) in [4.78, 5) is 0.315. The number of aliphatic hydroxyl groups excluding tert-OH is 1. The molecular formula is C8H11N3O4. The van der Waals surface area contributed by atoms with Gasteiger partial charge in [-0.1, -0.05) is 0 Å². The van der Waals surface area contributed by atoms with Crippen molar-refractivity contribution >= 4 is 0 Å².